The van der Waals surface area contributed by atoms with Crippen LogP contribution in [0.3, 0.4) is 0 Å². The third-order valence-electron chi connectivity index (χ3n) is 4.97. The molecule has 0 aromatic heterocycles. The summed E-state index contributed by atoms with van der Waals surface area (Å²) in [5, 5.41) is 9.30. The summed E-state index contributed by atoms with van der Waals surface area (Å²) in [6.07, 6.45) is 5.99. The number of benzene rings is 1. The van der Waals surface area contributed by atoms with E-state index in [1.807, 2.05) is 13.2 Å². The van der Waals surface area contributed by atoms with E-state index in [2.05, 4.69) is 11.0 Å². The number of rotatable bonds is 3. The maximum Gasteiger partial charge on any atom is 0.335 e. The van der Waals surface area contributed by atoms with Gasteiger partial charge in [-0.3, -0.25) is 4.90 Å². The molecule has 1 saturated carbocycles. The quantitative estimate of drug-likeness (QED) is 0.929. The molecule has 0 saturated heterocycles. The van der Waals surface area contributed by atoms with E-state index < -0.39 is 5.97 Å². The van der Waals surface area contributed by atoms with Crippen LogP contribution in [0.15, 0.2) is 18.2 Å². The van der Waals surface area contributed by atoms with Crippen LogP contribution in [0.5, 0.6) is 0 Å². The van der Waals surface area contributed by atoms with Gasteiger partial charge in [0.25, 0.3) is 0 Å². The van der Waals surface area contributed by atoms with Gasteiger partial charge in [0.15, 0.2) is 0 Å². The zero-order chi connectivity index (χ0) is 14.8. The summed E-state index contributed by atoms with van der Waals surface area (Å²) in [5.74, 6) is -0.812. The summed E-state index contributed by atoms with van der Waals surface area (Å²) in [5.41, 5.74) is 2.66. The van der Waals surface area contributed by atoms with Crippen molar-refractivity contribution in [1.82, 2.24) is 4.90 Å². The molecule has 1 N–H and O–H groups in total. The molecular formula is C17H23NO3. The van der Waals surface area contributed by atoms with Gasteiger partial charge < -0.3 is 9.84 Å². The number of carbonyl (C=O) groups is 1. The van der Waals surface area contributed by atoms with Gasteiger partial charge >= 0.3 is 5.97 Å². The molecule has 1 heterocycles. The number of nitrogens with zero attached hydrogens (tertiary/aromatic N) is 1. The number of ether oxygens (including phenoxy) is 1. The third kappa shape index (κ3) is 2.83. The first kappa shape index (κ1) is 14.5. The predicted molar refractivity (Wildman–Crippen MR) is 80.6 cm³/mol. The average molecular weight is 289 g/mol. The van der Waals surface area contributed by atoms with Crippen LogP contribution >= 0.6 is 0 Å². The van der Waals surface area contributed by atoms with Crippen molar-refractivity contribution in [2.45, 2.75) is 50.8 Å². The van der Waals surface area contributed by atoms with Gasteiger partial charge in [-0.2, -0.15) is 0 Å². The standard InChI is InChI=1S/C17H23NO3/c1-21-16-8-3-2-7-15(16)18-10-9-13-12(11-18)5-4-6-14(13)17(19)20/h4-6,15-16H,2-3,7-11H2,1H3,(H,19,20). The van der Waals surface area contributed by atoms with Crippen LogP contribution in [0.4, 0.5) is 0 Å². The second-order valence-electron chi connectivity index (χ2n) is 6.09. The van der Waals surface area contributed by atoms with Crippen LogP contribution in [0.1, 0.15) is 47.2 Å². The van der Waals surface area contributed by atoms with Gasteiger partial charge in [0, 0.05) is 26.2 Å². The summed E-state index contributed by atoms with van der Waals surface area (Å²) in [6.45, 7) is 1.78. The molecule has 2 atom stereocenters. The van der Waals surface area contributed by atoms with Gasteiger partial charge in [-0.25, -0.2) is 4.79 Å². The summed E-state index contributed by atoms with van der Waals surface area (Å²) in [4.78, 5) is 13.8. The number of carboxylic acids is 1. The van der Waals surface area contributed by atoms with Crippen molar-refractivity contribution < 1.29 is 14.6 Å². The Balaban J connectivity index is 1.81. The highest BCUT2D eigenvalue weighted by molar-refractivity contribution is 5.89. The van der Waals surface area contributed by atoms with Crippen molar-refractivity contribution in [3.63, 3.8) is 0 Å². The molecule has 0 bridgehead atoms. The van der Waals surface area contributed by atoms with E-state index in [1.165, 1.54) is 24.8 Å². The first-order chi connectivity index (χ1) is 10.2. The van der Waals surface area contributed by atoms with E-state index in [9.17, 15) is 9.90 Å². The minimum absolute atomic E-state index is 0.322. The van der Waals surface area contributed by atoms with E-state index >= 15 is 0 Å². The van der Waals surface area contributed by atoms with Gasteiger partial charge in [0.1, 0.15) is 0 Å². The van der Waals surface area contributed by atoms with Gasteiger partial charge in [-0.05, 0) is 36.5 Å². The summed E-state index contributed by atoms with van der Waals surface area (Å²) < 4.78 is 5.67. The maximum atomic E-state index is 11.3. The summed E-state index contributed by atoms with van der Waals surface area (Å²) in [6, 6.07) is 6.12. The Bertz CT molecular complexity index is 529. The minimum atomic E-state index is -0.812. The SMILES string of the molecule is COC1CCCCC1N1CCc2c(cccc2C(=O)O)C1. The number of methoxy groups -OCH3 is 1. The van der Waals surface area contributed by atoms with Gasteiger partial charge in [0.2, 0.25) is 0 Å². The summed E-state index contributed by atoms with van der Waals surface area (Å²) in [7, 11) is 1.81. The predicted octanol–water partition coefficient (Wildman–Crippen LogP) is 2.70. The second-order valence-corrected chi connectivity index (χ2v) is 6.09. The van der Waals surface area contributed by atoms with Crippen LogP contribution in [0.25, 0.3) is 0 Å². The molecule has 0 amide bonds. The fourth-order valence-electron chi connectivity index (χ4n) is 3.88. The molecule has 4 nitrogen and oxygen atoms in total. The van der Waals surface area contributed by atoms with Crippen molar-refractivity contribution in [2.24, 2.45) is 0 Å². The van der Waals surface area contributed by atoms with E-state index in [0.717, 1.165) is 31.5 Å². The molecule has 21 heavy (non-hydrogen) atoms. The Morgan fingerprint density at radius 3 is 2.90 bits per heavy atom. The number of fused-ring (bicyclic) bond motifs is 1. The number of carboxylic acid groups (broad SMARTS) is 1. The van der Waals surface area contributed by atoms with Crippen LogP contribution in [-0.2, 0) is 17.7 Å². The second kappa shape index (κ2) is 6.16. The topological polar surface area (TPSA) is 49.8 Å². The highest BCUT2D eigenvalue weighted by Crippen LogP contribution is 2.30. The van der Waals surface area contributed by atoms with Crippen molar-refractivity contribution in [3.05, 3.63) is 34.9 Å². The highest BCUT2D eigenvalue weighted by atomic mass is 16.5. The van der Waals surface area contributed by atoms with E-state index in [0.29, 0.717) is 17.7 Å². The lowest BCUT2D eigenvalue weighted by molar-refractivity contribution is -0.0161. The highest BCUT2D eigenvalue weighted by Gasteiger charge is 2.32. The van der Waals surface area contributed by atoms with E-state index in [4.69, 9.17) is 4.74 Å². The molecule has 3 rings (SSSR count). The minimum Gasteiger partial charge on any atom is -0.478 e. The molecule has 0 spiro atoms. The zero-order valence-electron chi connectivity index (χ0n) is 12.5. The molecule has 1 fully saturated rings. The smallest absolute Gasteiger partial charge is 0.335 e. The van der Waals surface area contributed by atoms with Gasteiger partial charge in [0.05, 0.1) is 11.7 Å². The molecule has 0 radical (unpaired) electrons. The lowest BCUT2D eigenvalue weighted by atomic mass is 9.88. The van der Waals surface area contributed by atoms with Gasteiger partial charge in [-0.1, -0.05) is 25.0 Å². The van der Waals surface area contributed by atoms with Crippen LogP contribution in [-0.4, -0.2) is 41.8 Å². The Hall–Kier alpha value is -1.39. The Kier molecular flexibility index (Phi) is 4.27. The largest absolute Gasteiger partial charge is 0.478 e. The number of aromatic carboxylic acids is 1. The van der Waals surface area contributed by atoms with Crippen LogP contribution < -0.4 is 0 Å². The Morgan fingerprint density at radius 1 is 1.33 bits per heavy atom. The van der Waals surface area contributed by atoms with Gasteiger partial charge in [-0.15, -0.1) is 0 Å². The third-order valence-corrected chi connectivity index (χ3v) is 4.97. The monoisotopic (exact) mass is 289 g/mol. The van der Waals surface area contributed by atoms with E-state index in [-0.39, 0.29) is 0 Å². The number of hydrogen-bond donors (Lipinski definition) is 1. The molecular weight excluding hydrogens is 266 g/mol. The van der Waals surface area contributed by atoms with Crippen molar-refractivity contribution in [2.75, 3.05) is 13.7 Å². The number of hydrogen-bond acceptors (Lipinski definition) is 3. The first-order valence-corrected chi connectivity index (χ1v) is 7.81. The van der Waals surface area contributed by atoms with Crippen molar-refractivity contribution >= 4 is 5.97 Å². The van der Waals surface area contributed by atoms with Crippen molar-refractivity contribution in [1.29, 1.82) is 0 Å². The molecule has 2 unspecified atom stereocenters. The molecule has 1 aromatic rings. The molecule has 114 valence electrons. The average Bonchev–Trinajstić information content (AvgIpc) is 2.53. The fourth-order valence-corrected chi connectivity index (χ4v) is 3.88. The zero-order valence-corrected chi connectivity index (χ0v) is 12.5. The van der Waals surface area contributed by atoms with Crippen LogP contribution in [0.2, 0.25) is 0 Å². The summed E-state index contributed by atoms with van der Waals surface area (Å²) >= 11 is 0. The lowest BCUT2D eigenvalue weighted by Gasteiger charge is -2.41. The lowest BCUT2D eigenvalue weighted by Crippen LogP contribution is -2.48. The Morgan fingerprint density at radius 2 is 2.14 bits per heavy atom. The molecule has 4 heteroatoms. The first-order valence-electron chi connectivity index (χ1n) is 7.81. The fraction of sp³-hybridized carbons (Fsp3) is 0.588. The normalized spacial score (nSPS) is 26.3. The molecule has 2 aliphatic rings. The Labute approximate surface area is 125 Å². The van der Waals surface area contributed by atoms with E-state index in [1.54, 1.807) is 6.07 Å². The molecule has 1 aliphatic heterocycles. The maximum absolute atomic E-state index is 11.3. The molecule has 1 aliphatic carbocycles. The van der Waals surface area contributed by atoms with Crippen molar-refractivity contribution in [3.8, 4) is 0 Å². The van der Waals surface area contributed by atoms with Crippen LogP contribution in [0, 0.1) is 0 Å². The molecule has 1 aromatic carbocycles.